The summed E-state index contributed by atoms with van der Waals surface area (Å²) in [6, 6.07) is 9.65. The van der Waals surface area contributed by atoms with Crippen LogP contribution in [-0.4, -0.2) is 9.97 Å². The number of halogens is 1. The number of furan rings is 1. The van der Waals surface area contributed by atoms with Gasteiger partial charge in [0.15, 0.2) is 0 Å². The molecule has 0 saturated heterocycles. The van der Waals surface area contributed by atoms with E-state index in [9.17, 15) is 0 Å². The van der Waals surface area contributed by atoms with Crippen molar-refractivity contribution in [1.29, 1.82) is 0 Å². The number of aryl methyl sites for hydroxylation is 3. The number of nitrogens with zero attached hydrogens (tertiary/aromatic N) is 2. The molecule has 5 nitrogen and oxygen atoms in total. The highest BCUT2D eigenvalue weighted by Crippen LogP contribution is 2.29. The fraction of sp³-hybridized carbons (Fsp3) is 0.222. The highest BCUT2D eigenvalue weighted by atomic mass is 35.5. The van der Waals surface area contributed by atoms with Gasteiger partial charge in [0.25, 0.3) is 0 Å². The van der Waals surface area contributed by atoms with E-state index in [1.54, 1.807) is 6.26 Å². The molecular formula is C18H19ClN4O. The van der Waals surface area contributed by atoms with Crippen LogP contribution >= 0.6 is 11.6 Å². The lowest BCUT2D eigenvalue weighted by atomic mass is 10.1. The van der Waals surface area contributed by atoms with E-state index in [2.05, 4.69) is 26.7 Å². The van der Waals surface area contributed by atoms with Crippen LogP contribution in [0.15, 0.2) is 41.0 Å². The molecule has 0 radical (unpaired) electrons. The summed E-state index contributed by atoms with van der Waals surface area (Å²) in [5.41, 5.74) is 3.85. The number of nitrogens with one attached hydrogen (secondary N) is 2. The third-order valence-corrected chi connectivity index (χ3v) is 3.84. The first-order chi connectivity index (χ1) is 11.5. The average molecular weight is 343 g/mol. The van der Waals surface area contributed by atoms with Gasteiger partial charge in [-0.2, -0.15) is 4.98 Å². The fourth-order valence-electron chi connectivity index (χ4n) is 2.49. The second-order valence-electron chi connectivity index (χ2n) is 5.71. The smallest absolute Gasteiger partial charge is 0.229 e. The van der Waals surface area contributed by atoms with E-state index in [1.165, 1.54) is 0 Å². The maximum absolute atomic E-state index is 6.35. The third kappa shape index (κ3) is 3.86. The summed E-state index contributed by atoms with van der Waals surface area (Å²) in [7, 11) is 0. The van der Waals surface area contributed by atoms with Crippen LogP contribution in [0.3, 0.4) is 0 Å². The summed E-state index contributed by atoms with van der Waals surface area (Å²) < 4.78 is 5.32. The van der Waals surface area contributed by atoms with Crippen LogP contribution in [-0.2, 0) is 6.54 Å². The van der Waals surface area contributed by atoms with Gasteiger partial charge in [-0.3, -0.25) is 0 Å². The van der Waals surface area contributed by atoms with Crippen molar-refractivity contribution in [1.82, 2.24) is 9.97 Å². The van der Waals surface area contributed by atoms with Crippen LogP contribution in [0, 0.1) is 20.8 Å². The van der Waals surface area contributed by atoms with Gasteiger partial charge in [0, 0.05) is 11.8 Å². The molecule has 0 bridgehead atoms. The third-order valence-electron chi connectivity index (χ3n) is 3.55. The molecule has 6 heteroatoms. The van der Waals surface area contributed by atoms with Gasteiger partial charge >= 0.3 is 0 Å². The molecule has 24 heavy (non-hydrogen) atoms. The maximum Gasteiger partial charge on any atom is 0.229 e. The minimum Gasteiger partial charge on any atom is -0.467 e. The molecule has 2 N–H and O–H groups in total. The van der Waals surface area contributed by atoms with Gasteiger partial charge in [-0.1, -0.05) is 17.7 Å². The van der Waals surface area contributed by atoms with Crippen LogP contribution < -0.4 is 10.6 Å². The van der Waals surface area contributed by atoms with Crippen LogP contribution in [0.2, 0.25) is 5.02 Å². The minimum absolute atomic E-state index is 0.505. The van der Waals surface area contributed by atoms with Gasteiger partial charge in [-0.05, 0) is 50.1 Å². The van der Waals surface area contributed by atoms with Crippen LogP contribution in [0.25, 0.3) is 0 Å². The van der Waals surface area contributed by atoms with Gasteiger partial charge in [0.2, 0.25) is 5.95 Å². The molecule has 2 aromatic heterocycles. The highest BCUT2D eigenvalue weighted by Gasteiger charge is 2.09. The number of benzene rings is 1. The molecule has 0 saturated carbocycles. The fourth-order valence-corrected chi connectivity index (χ4v) is 2.86. The molecule has 0 unspecified atom stereocenters. The normalized spacial score (nSPS) is 10.7. The molecule has 0 amide bonds. The van der Waals surface area contributed by atoms with Crippen molar-refractivity contribution >= 4 is 29.1 Å². The lowest BCUT2D eigenvalue weighted by Crippen LogP contribution is -2.06. The maximum atomic E-state index is 6.35. The molecule has 0 fully saturated rings. The Morgan fingerprint density at radius 1 is 1.12 bits per heavy atom. The summed E-state index contributed by atoms with van der Waals surface area (Å²) in [6.45, 7) is 6.51. The number of hydrogen-bond acceptors (Lipinski definition) is 5. The standard InChI is InChI=1S/C18H19ClN4O/c1-11-7-12(2)17(15(19)8-11)23-18-21-13(3)9-16(22-18)20-10-14-5-4-6-24-14/h4-9H,10H2,1-3H3,(H2,20,21,22,23). The van der Waals surface area contributed by atoms with E-state index in [0.717, 1.165) is 34.1 Å². The lowest BCUT2D eigenvalue weighted by Gasteiger charge is -2.13. The SMILES string of the molecule is Cc1cc(C)c(Nc2nc(C)cc(NCc3ccco3)n2)c(Cl)c1. The molecule has 3 aromatic rings. The molecule has 2 heterocycles. The number of rotatable bonds is 5. The highest BCUT2D eigenvalue weighted by molar-refractivity contribution is 6.33. The summed E-state index contributed by atoms with van der Waals surface area (Å²) in [5.74, 6) is 2.08. The first kappa shape index (κ1) is 16.3. The van der Waals surface area contributed by atoms with Crippen molar-refractivity contribution < 1.29 is 4.42 Å². The molecule has 124 valence electrons. The van der Waals surface area contributed by atoms with Crippen LogP contribution in [0.4, 0.5) is 17.5 Å². The molecule has 3 rings (SSSR count). The van der Waals surface area contributed by atoms with E-state index >= 15 is 0 Å². The largest absolute Gasteiger partial charge is 0.467 e. The first-order valence-corrected chi connectivity index (χ1v) is 8.05. The van der Waals surface area contributed by atoms with Crippen LogP contribution in [0.5, 0.6) is 0 Å². The second-order valence-corrected chi connectivity index (χ2v) is 6.12. The van der Waals surface area contributed by atoms with Crippen LogP contribution in [0.1, 0.15) is 22.6 Å². The van der Waals surface area contributed by atoms with Crippen molar-refractivity contribution in [2.45, 2.75) is 27.3 Å². The molecule has 0 aliphatic rings. The van der Waals surface area contributed by atoms with E-state index in [-0.39, 0.29) is 0 Å². The molecule has 0 aliphatic heterocycles. The van der Waals surface area contributed by atoms with Crippen molar-refractivity contribution in [2.24, 2.45) is 0 Å². The molecular weight excluding hydrogens is 324 g/mol. The van der Waals surface area contributed by atoms with E-state index in [1.807, 2.05) is 45.0 Å². The van der Waals surface area contributed by atoms with Crippen molar-refractivity contribution in [3.8, 4) is 0 Å². The Balaban J connectivity index is 1.81. The zero-order valence-electron chi connectivity index (χ0n) is 13.9. The minimum atomic E-state index is 0.505. The predicted octanol–water partition coefficient (Wildman–Crippen LogP) is 5.00. The lowest BCUT2D eigenvalue weighted by molar-refractivity contribution is 0.518. The topological polar surface area (TPSA) is 63.0 Å². The Hall–Kier alpha value is -2.53. The molecule has 0 spiro atoms. The zero-order chi connectivity index (χ0) is 17.1. The van der Waals surface area contributed by atoms with Gasteiger partial charge in [-0.25, -0.2) is 4.98 Å². The quantitative estimate of drug-likeness (QED) is 0.682. The summed E-state index contributed by atoms with van der Waals surface area (Å²) in [5, 5.41) is 7.11. The molecule has 0 atom stereocenters. The predicted molar refractivity (Wildman–Crippen MR) is 97.0 cm³/mol. The average Bonchev–Trinajstić information content (AvgIpc) is 3.02. The van der Waals surface area contributed by atoms with E-state index in [4.69, 9.17) is 16.0 Å². The van der Waals surface area contributed by atoms with E-state index < -0.39 is 0 Å². The molecule has 1 aromatic carbocycles. The Morgan fingerprint density at radius 2 is 1.96 bits per heavy atom. The van der Waals surface area contributed by atoms with Gasteiger partial charge in [0.1, 0.15) is 11.6 Å². The first-order valence-electron chi connectivity index (χ1n) is 7.67. The van der Waals surface area contributed by atoms with Crippen molar-refractivity contribution in [3.63, 3.8) is 0 Å². The Labute approximate surface area is 146 Å². The van der Waals surface area contributed by atoms with Gasteiger partial charge in [-0.15, -0.1) is 0 Å². The zero-order valence-corrected chi connectivity index (χ0v) is 14.6. The molecule has 0 aliphatic carbocycles. The van der Waals surface area contributed by atoms with Crippen molar-refractivity contribution in [2.75, 3.05) is 10.6 Å². The summed E-state index contributed by atoms with van der Waals surface area (Å²) >= 11 is 6.35. The second kappa shape index (κ2) is 6.93. The number of anilines is 3. The van der Waals surface area contributed by atoms with Gasteiger partial charge in [0.05, 0.1) is 23.5 Å². The summed E-state index contributed by atoms with van der Waals surface area (Å²) in [4.78, 5) is 8.93. The van der Waals surface area contributed by atoms with Gasteiger partial charge < -0.3 is 15.1 Å². The monoisotopic (exact) mass is 342 g/mol. The number of hydrogen-bond donors (Lipinski definition) is 2. The Bertz CT molecular complexity index is 823. The number of aromatic nitrogens is 2. The Kier molecular flexibility index (Phi) is 4.71. The summed E-state index contributed by atoms with van der Waals surface area (Å²) in [6.07, 6.45) is 1.65. The Morgan fingerprint density at radius 3 is 2.67 bits per heavy atom. The van der Waals surface area contributed by atoms with Crippen molar-refractivity contribution in [3.05, 3.63) is 64.2 Å². The van der Waals surface area contributed by atoms with E-state index in [0.29, 0.717) is 17.5 Å².